The van der Waals surface area contributed by atoms with Crippen LogP contribution < -0.4 is 5.32 Å². The Morgan fingerprint density at radius 1 is 1.22 bits per heavy atom. The summed E-state index contributed by atoms with van der Waals surface area (Å²) in [5.74, 6) is -1.24. The lowest BCUT2D eigenvalue weighted by atomic mass is 10.2. The van der Waals surface area contributed by atoms with Gasteiger partial charge in [0.05, 0.1) is 15.6 Å². The zero-order valence-electron chi connectivity index (χ0n) is 15.3. The predicted molar refractivity (Wildman–Crippen MR) is 103 cm³/mol. The Hall–Kier alpha value is -1.90. The summed E-state index contributed by atoms with van der Waals surface area (Å²) in [6, 6.07) is 4.15. The van der Waals surface area contributed by atoms with Gasteiger partial charge in [-0.2, -0.15) is 4.31 Å². The second-order valence-corrected chi connectivity index (χ2v) is 8.83. The Kier molecular flexibility index (Phi) is 7.41. The van der Waals surface area contributed by atoms with Gasteiger partial charge in [-0.15, -0.1) is 0 Å². The van der Waals surface area contributed by atoms with Crippen molar-refractivity contribution in [2.24, 2.45) is 0 Å². The van der Waals surface area contributed by atoms with Crippen molar-refractivity contribution < 1.29 is 22.7 Å². The Balaban J connectivity index is 2.09. The van der Waals surface area contributed by atoms with Crippen LogP contribution in [0.25, 0.3) is 0 Å². The number of carbonyl (C=O) groups is 2. The molecule has 0 aliphatic carbocycles. The number of benzene rings is 1. The fourth-order valence-corrected chi connectivity index (χ4v) is 4.32. The third kappa shape index (κ3) is 6.05. The molecule has 27 heavy (non-hydrogen) atoms. The number of sulfonamides is 1. The van der Waals surface area contributed by atoms with E-state index in [4.69, 9.17) is 16.3 Å². The van der Waals surface area contributed by atoms with Crippen LogP contribution in [0, 0.1) is 0 Å². The van der Waals surface area contributed by atoms with E-state index in [0.29, 0.717) is 13.1 Å². The second kappa shape index (κ2) is 9.34. The predicted octanol–water partition coefficient (Wildman–Crippen LogP) is 2.96. The third-order valence-corrected chi connectivity index (χ3v) is 6.14. The molecule has 0 spiro atoms. The van der Waals surface area contributed by atoms with E-state index in [0.717, 1.165) is 24.8 Å². The number of anilines is 1. The molecule has 1 aromatic rings. The number of rotatable bonds is 6. The number of nitrogens with one attached hydrogen (secondary N) is 1. The topological polar surface area (TPSA) is 92.8 Å². The molecular weight excluding hydrogens is 392 g/mol. The van der Waals surface area contributed by atoms with Gasteiger partial charge in [-0.25, -0.2) is 13.2 Å². The summed E-state index contributed by atoms with van der Waals surface area (Å²) in [7, 11) is -3.65. The number of esters is 1. The molecule has 0 bridgehead atoms. The molecule has 0 aromatic heterocycles. The number of ether oxygens (including phenoxy) is 1. The van der Waals surface area contributed by atoms with E-state index in [1.165, 1.54) is 28.6 Å². The monoisotopic (exact) mass is 414 g/mol. The third-order valence-electron chi connectivity index (χ3n) is 3.92. The van der Waals surface area contributed by atoms with Gasteiger partial charge in [0.1, 0.15) is 0 Å². The summed E-state index contributed by atoms with van der Waals surface area (Å²) in [6.45, 7) is 3.92. The van der Waals surface area contributed by atoms with Crippen LogP contribution in [0.3, 0.4) is 0 Å². The van der Waals surface area contributed by atoms with Crippen molar-refractivity contribution in [2.75, 3.05) is 25.0 Å². The van der Waals surface area contributed by atoms with Crippen molar-refractivity contribution >= 4 is 39.2 Å². The number of hydrogen-bond acceptors (Lipinski definition) is 5. The Morgan fingerprint density at radius 2 is 1.89 bits per heavy atom. The molecule has 1 heterocycles. The summed E-state index contributed by atoms with van der Waals surface area (Å²) >= 11 is 6.07. The largest absolute Gasteiger partial charge is 0.452 e. The number of piperidine rings is 1. The first-order chi connectivity index (χ1) is 12.7. The molecule has 1 aliphatic heterocycles. The molecule has 1 saturated heterocycles. The maximum Gasteiger partial charge on any atom is 0.331 e. The molecule has 0 atom stereocenters. The van der Waals surface area contributed by atoms with Gasteiger partial charge in [-0.1, -0.05) is 23.6 Å². The van der Waals surface area contributed by atoms with Crippen LogP contribution in [0.1, 0.15) is 33.1 Å². The van der Waals surface area contributed by atoms with E-state index in [-0.39, 0.29) is 15.6 Å². The van der Waals surface area contributed by atoms with Gasteiger partial charge >= 0.3 is 5.97 Å². The first-order valence-corrected chi connectivity index (χ1v) is 10.4. The van der Waals surface area contributed by atoms with Gasteiger partial charge in [-0.05, 0) is 44.9 Å². The van der Waals surface area contributed by atoms with Gasteiger partial charge < -0.3 is 10.1 Å². The molecule has 7 nitrogen and oxygen atoms in total. The van der Waals surface area contributed by atoms with Gasteiger partial charge in [0.25, 0.3) is 5.91 Å². The van der Waals surface area contributed by atoms with Crippen LogP contribution in [-0.2, 0) is 24.3 Å². The second-order valence-electron chi connectivity index (χ2n) is 6.48. The van der Waals surface area contributed by atoms with Crippen molar-refractivity contribution in [3.05, 3.63) is 34.9 Å². The maximum atomic E-state index is 12.7. The van der Waals surface area contributed by atoms with Crippen LogP contribution in [-0.4, -0.2) is 44.3 Å². The van der Waals surface area contributed by atoms with E-state index in [9.17, 15) is 18.0 Å². The first-order valence-electron chi connectivity index (χ1n) is 8.61. The van der Waals surface area contributed by atoms with E-state index in [1.54, 1.807) is 13.8 Å². The molecule has 148 valence electrons. The fraction of sp³-hybridized carbons (Fsp3) is 0.444. The van der Waals surface area contributed by atoms with Crippen molar-refractivity contribution in [3.63, 3.8) is 0 Å². The molecule has 0 unspecified atom stereocenters. The van der Waals surface area contributed by atoms with Crippen LogP contribution in [0.5, 0.6) is 0 Å². The number of carbonyl (C=O) groups excluding carboxylic acids is 2. The molecule has 1 amide bonds. The highest BCUT2D eigenvalue weighted by molar-refractivity contribution is 7.89. The maximum absolute atomic E-state index is 12.7. The Bertz CT molecular complexity index is 841. The summed E-state index contributed by atoms with van der Waals surface area (Å²) in [4.78, 5) is 23.5. The molecule has 2 rings (SSSR count). The zero-order valence-corrected chi connectivity index (χ0v) is 16.9. The highest BCUT2D eigenvalue weighted by Crippen LogP contribution is 2.28. The van der Waals surface area contributed by atoms with Crippen molar-refractivity contribution in [2.45, 2.75) is 38.0 Å². The average Bonchev–Trinajstić information content (AvgIpc) is 2.62. The normalized spacial score (nSPS) is 15.1. The summed E-state index contributed by atoms with van der Waals surface area (Å²) in [5, 5.41) is 2.67. The number of halogens is 1. The van der Waals surface area contributed by atoms with Crippen molar-refractivity contribution in [1.82, 2.24) is 4.31 Å². The standard InChI is InChI=1S/C18H23ClN2O5S/c1-13(2)10-18(23)26-12-17(22)20-16-11-14(6-7-15(16)19)27(24,25)21-8-4-3-5-9-21/h6-7,10-11H,3-5,8-9,12H2,1-2H3,(H,20,22). The van der Waals surface area contributed by atoms with Crippen molar-refractivity contribution in [1.29, 1.82) is 0 Å². The molecule has 1 aliphatic rings. The molecule has 1 N–H and O–H groups in total. The lowest BCUT2D eigenvalue weighted by Crippen LogP contribution is -2.35. The Morgan fingerprint density at radius 3 is 2.52 bits per heavy atom. The molecule has 0 radical (unpaired) electrons. The summed E-state index contributed by atoms with van der Waals surface area (Å²) in [5.41, 5.74) is 0.900. The van der Waals surface area contributed by atoms with Crippen LogP contribution in [0.15, 0.2) is 34.7 Å². The molecule has 1 fully saturated rings. The number of allylic oxidation sites excluding steroid dienone is 1. The molecule has 0 saturated carbocycles. The van der Waals surface area contributed by atoms with E-state index >= 15 is 0 Å². The SMILES string of the molecule is CC(C)=CC(=O)OCC(=O)Nc1cc(S(=O)(=O)N2CCCCC2)ccc1Cl. The molecule has 1 aromatic carbocycles. The van der Waals surface area contributed by atoms with Gasteiger partial charge in [0, 0.05) is 19.2 Å². The van der Waals surface area contributed by atoms with E-state index in [2.05, 4.69) is 5.32 Å². The molecular formula is C18H23ClN2O5S. The highest BCUT2D eigenvalue weighted by atomic mass is 35.5. The van der Waals surface area contributed by atoms with Gasteiger partial charge in [0.2, 0.25) is 10.0 Å². The average molecular weight is 415 g/mol. The Labute approximate surface area is 164 Å². The smallest absolute Gasteiger partial charge is 0.331 e. The number of nitrogens with zero attached hydrogens (tertiary/aromatic N) is 1. The lowest BCUT2D eigenvalue weighted by Gasteiger charge is -2.26. The molecule has 9 heteroatoms. The van der Waals surface area contributed by atoms with E-state index < -0.39 is 28.5 Å². The summed E-state index contributed by atoms with van der Waals surface area (Å²) < 4.78 is 31.8. The van der Waals surface area contributed by atoms with Crippen LogP contribution in [0.4, 0.5) is 5.69 Å². The van der Waals surface area contributed by atoms with Gasteiger partial charge in [-0.3, -0.25) is 4.79 Å². The summed E-state index contributed by atoms with van der Waals surface area (Å²) in [6.07, 6.45) is 3.94. The first kappa shape index (κ1) is 21.4. The number of amides is 1. The van der Waals surface area contributed by atoms with Crippen LogP contribution in [0.2, 0.25) is 5.02 Å². The van der Waals surface area contributed by atoms with Crippen LogP contribution >= 0.6 is 11.6 Å². The zero-order chi connectivity index (χ0) is 20.0. The minimum absolute atomic E-state index is 0.0608. The quantitative estimate of drug-likeness (QED) is 0.570. The van der Waals surface area contributed by atoms with Gasteiger partial charge in [0.15, 0.2) is 6.61 Å². The minimum Gasteiger partial charge on any atom is -0.452 e. The van der Waals surface area contributed by atoms with E-state index in [1.807, 2.05) is 0 Å². The lowest BCUT2D eigenvalue weighted by molar-refractivity contribution is -0.142. The highest BCUT2D eigenvalue weighted by Gasteiger charge is 2.26. The minimum atomic E-state index is -3.65. The number of hydrogen-bond donors (Lipinski definition) is 1. The van der Waals surface area contributed by atoms with Crippen molar-refractivity contribution in [3.8, 4) is 0 Å². The fourth-order valence-electron chi connectivity index (χ4n) is 2.62.